The molecule has 6 nitrogen and oxygen atoms in total. The van der Waals surface area contributed by atoms with Gasteiger partial charge in [0, 0.05) is 18.8 Å². The van der Waals surface area contributed by atoms with E-state index in [1.165, 1.54) is 0 Å². The van der Waals surface area contributed by atoms with Crippen LogP contribution in [0.2, 0.25) is 10.0 Å². The van der Waals surface area contributed by atoms with Gasteiger partial charge in [-0.3, -0.25) is 4.79 Å². The molecule has 1 aromatic carbocycles. The van der Waals surface area contributed by atoms with E-state index in [2.05, 4.69) is 10.6 Å². The Bertz CT molecular complexity index is 604. The van der Waals surface area contributed by atoms with E-state index in [1.54, 1.807) is 23.1 Å². The number of morpholine rings is 1. The predicted molar refractivity (Wildman–Crippen MR) is 94.6 cm³/mol. The van der Waals surface area contributed by atoms with Crippen molar-refractivity contribution in [2.75, 3.05) is 31.6 Å². The van der Waals surface area contributed by atoms with Crippen LogP contribution < -0.4 is 10.6 Å². The molecule has 0 spiro atoms. The molecule has 24 heavy (non-hydrogen) atoms. The first-order valence-electron chi connectivity index (χ1n) is 7.77. The first kappa shape index (κ1) is 18.8. The monoisotopic (exact) mass is 373 g/mol. The molecule has 1 aromatic rings. The Labute approximate surface area is 151 Å². The van der Waals surface area contributed by atoms with Gasteiger partial charge in [0.15, 0.2) is 0 Å². The zero-order valence-electron chi connectivity index (χ0n) is 13.6. The van der Waals surface area contributed by atoms with Crippen molar-refractivity contribution in [1.29, 1.82) is 0 Å². The lowest BCUT2D eigenvalue weighted by molar-refractivity contribution is -0.138. The highest BCUT2D eigenvalue weighted by atomic mass is 35.5. The number of hydrogen-bond acceptors (Lipinski definition) is 3. The summed E-state index contributed by atoms with van der Waals surface area (Å²) in [5.41, 5.74) is 0.503. The summed E-state index contributed by atoms with van der Waals surface area (Å²) in [6.45, 7) is 5.90. The number of carbonyl (C=O) groups is 2. The predicted octanol–water partition coefficient (Wildman–Crippen LogP) is 3.00. The van der Waals surface area contributed by atoms with Crippen molar-refractivity contribution in [2.45, 2.75) is 19.9 Å². The minimum atomic E-state index is -0.606. The van der Waals surface area contributed by atoms with E-state index in [4.69, 9.17) is 27.9 Å². The standard InChI is InChI=1S/C16H21Cl2N3O3/c1-10(2)14(15(22)21-5-7-24-8-6-21)20-16(23)19-11-3-4-12(17)13(18)9-11/h3-4,9-10,14H,5-8H2,1-2H3,(H2,19,20,23). The molecule has 1 heterocycles. The van der Waals surface area contributed by atoms with Gasteiger partial charge in [-0.25, -0.2) is 4.79 Å². The molecular weight excluding hydrogens is 353 g/mol. The number of carbonyl (C=O) groups excluding carboxylic acids is 2. The lowest BCUT2D eigenvalue weighted by atomic mass is 10.0. The number of anilines is 1. The van der Waals surface area contributed by atoms with Crippen molar-refractivity contribution >= 4 is 40.8 Å². The van der Waals surface area contributed by atoms with Gasteiger partial charge in [-0.2, -0.15) is 0 Å². The SMILES string of the molecule is CC(C)C(NC(=O)Nc1ccc(Cl)c(Cl)c1)C(=O)N1CCOCC1. The normalized spacial score (nSPS) is 16.0. The van der Waals surface area contributed by atoms with Crippen molar-refractivity contribution in [2.24, 2.45) is 5.92 Å². The molecule has 8 heteroatoms. The molecule has 1 aliphatic heterocycles. The summed E-state index contributed by atoms with van der Waals surface area (Å²) in [6, 6.07) is 3.72. The van der Waals surface area contributed by atoms with Crippen LogP contribution in [0.5, 0.6) is 0 Å². The first-order valence-corrected chi connectivity index (χ1v) is 8.53. The van der Waals surface area contributed by atoms with E-state index < -0.39 is 12.1 Å². The summed E-state index contributed by atoms with van der Waals surface area (Å²) < 4.78 is 5.25. The number of halogens is 2. The second-order valence-corrected chi connectivity index (χ2v) is 6.70. The molecule has 1 unspecified atom stereocenters. The number of nitrogens with one attached hydrogen (secondary N) is 2. The van der Waals surface area contributed by atoms with Gasteiger partial charge in [-0.15, -0.1) is 0 Å². The third kappa shape index (κ3) is 5.00. The highest BCUT2D eigenvalue weighted by Gasteiger charge is 2.29. The lowest BCUT2D eigenvalue weighted by Crippen LogP contribution is -2.54. The Morgan fingerprint density at radius 1 is 1.17 bits per heavy atom. The average molecular weight is 374 g/mol. The topological polar surface area (TPSA) is 70.7 Å². The van der Waals surface area contributed by atoms with E-state index in [9.17, 15) is 9.59 Å². The van der Waals surface area contributed by atoms with E-state index in [0.29, 0.717) is 42.0 Å². The molecule has 3 amide bonds. The number of ether oxygens (including phenoxy) is 1. The average Bonchev–Trinajstić information content (AvgIpc) is 2.56. The number of nitrogens with zero attached hydrogens (tertiary/aromatic N) is 1. The number of hydrogen-bond donors (Lipinski definition) is 2. The molecule has 0 aromatic heterocycles. The van der Waals surface area contributed by atoms with Crippen LogP contribution in [-0.2, 0) is 9.53 Å². The Morgan fingerprint density at radius 3 is 2.42 bits per heavy atom. The third-order valence-electron chi connectivity index (χ3n) is 3.72. The van der Waals surface area contributed by atoms with Crippen LogP contribution in [0, 0.1) is 5.92 Å². The molecule has 1 saturated heterocycles. The van der Waals surface area contributed by atoms with Crippen LogP contribution >= 0.6 is 23.2 Å². The summed E-state index contributed by atoms with van der Waals surface area (Å²) in [6.07, 6.45) is 0. The van der Waals surface area contributed by atoms with Crippen molar-refractivity contribution in [3.63, 3.8) is 0 Å². The highest BCUT2D eigenvalue weighted by Crippen LogP contribution is 2.25. The molecular formula is C16H21Cl2N3O3. The quantitative estimate of drug-likeness (QED) is 0.851. The maximum absolute atomic E-state index is 12.6. The molecule has 0 bridgehead atoms. The van der Waals surface area contributed by atoms with Crippen molar-refractivity contribution in [1.82, 2.24) is 10.2 Å². The zero-order valence-corrected chi connectivity index (χ0v) is 15.2. The fourth-order valence-corrected chi connectivity index (χ4v) is 2.67. The second-order valence-electron chi connectivity index (χ2n) is 5.89. The molecule has 0 saturated carbocycles. The summed E-state index contributed by atoms with van der Waals surface area (Å²) in [4.78, 5) is 26.5. The van der Waals surface area contributed by atoms with Crippen LogP contribution in [0.4, 0.5) is 10.5 Å². The van der Waals surface area contributed by atoms with Crippen molar-refractivity contribution < 1.29 is 14.3 Å². The van der Waals surface area contributed by atoms with E-state index in [0.717, 1.165) is 0 Å². The number of benzene rings is 1. The van der Waals surface area contributed by atoms with Gasteiger partial charge in [0.2, 0.25) is 5.91 Å². The summed E-state index contributed by atoms with van der Waals surface area (Å²) >= 11 is 11.8. The van der Waals surface area contributed by atoms with E-state index >= 15 is 0 Å². The van der Waals surface area contributed by atoms with Gasteiger partial charge in [0.1, 0.15) is 6.04 Å². The maximum Gasteiger partial charge on any atom is 0.319 e. The van der Waals surface area contributed by atoms with Gasteiger partial charge in [-0.1, -0.05) is 37.0 Å². The third-order valence-corrected chi connectivity index (χ3v) is 4.46. The fraction of sp³-hybridized carbons (Fsp3) is 0.500. The smallest absolute Gasteiger partial charge is 0.319 e. The van der Waals surface area contributed by atoms with Crippen LogP contribution in [0.1, 0.15) is 13.8 Å². The van der Waals surface area contributed by atoms with E-state index in [1.807, 2.05) is 13.8 Å². The maximum atomic E-state index is 12.6. The van der Waals surface area contributed by atoms with Crippen LogP contribution in [0.15, 0.2) is 18.2 Å². The largest absolute Gasteiger partial charge is 0.378 e. The first-order chi connectivity index (χ1) is 11.4. The number of amides is 3. The molecule has 132 valence electrons. The molecule has 0 aliphatic carbocycles. The Kier molecular flexibility index (Phi) is 6.71. The molecule has 0 radical (unpaired) electrons. The summed E-state index contributed by atoms with van der Waals surface area (Å²) in [5.74, 6) is -0.141. The van der Waals surface area contributed by atoms with Crippen LogP contribution in [0.3, 0.4) is 0 Å². The minimum absolute atomic E-state index is 0.0418. The molecule has 2 rings (SSSR count). The van der Waals surface area contributed by atoms with Gasteiger partial charge in [0.05, 0.1) is 23.3 Å². The molecule has 2 N–H and O–H groups in total. The minimum Gasteiger partial charge on any atom is -0.378 e. The van der Waals surface area contributed by atoms with Gasteiger partial charge < -0.3 is 20.3 Å². The van der Waals surface area contributed by atoms with Gasteiger partial charge in [0.25, 0.3) is 0 Å². The molecule has 1 aliphatic rings. The van der Waals surface area contributed by atoms with Crippen molar-refractivity contribution in [3.05, 3.63) is 28.2 Å². The van der Waals surface area contributed by atoms with Gasteiger partial charge >= 0.3 is 6.03 Å². The summed E-state index contributed by atoms with van der Waals surface area (Å²) in [5, 5.41) is 6.16. The Hall–Kier alpha value is -1.50. The number of rotatable bonds is 4. The molecule has 1 atom stereocenters. The summed E-state index contributed by atoms with van der Waals surface area (Å²) in [7, 11) is 0. The zero-order chi connectivity index (χ0) is 17.7. The second kappa shape index (κ2) is 8.55. The van der Waals surface area contributed by atoms with Gasteiger partial charge in [-0.05, 0) is 24.1 Å². The lowest BCUT2D eigenvalue weighted by Gasteiger charge is -2.32. The molecule has 1 fully saturated rings. The van der Waals surface area contributed by atoms with Crippen LogP contribution in [-0.4, -0.2) is 49.2 Å². The fourth-order valence-electron chi connectivity index (χ4n) is 2.38. The van der Waals surface area contributed by atoms with Crippen LogP contribution in [0.25, 0.3) is 0 Å². The Balaban J connectivity index is 1.99. The highest BCUT2D eigenvalue weighted by molar-refractivity contribution is 6.42. The Morgan fingerprint density at radius 2 is 1.83 bits per heavy atom. The van der Waals surface area contributed by atoms with E-state index in [-0.39, 0.29) is 11.8 Å². The van der Waals surface area contributed by atoms with Crippen molar-refractivity contribution in [3.8, 4) is 0 Å². The number of urea groups is 1.